The van der Waals surface area contributed by atoms with Crippen LogP contribution in [0.15, 0.2) is 170 Å². The fraction of sp³-hybridized carbons (Fsp3) is 0.316. The molecule has 0 spiro atoms. The minimum atomic E-state index is -0.749. The van der Waals surface area contributed by atoms with Crippen molar-refractivity contribution in [1.82, 2.24) is 20.0 Å². The molecule has 93 heavy (non-hydrogen) atoms. The quantitative estimate of drug-likeness (QED) is 0.0812. The largest absolute Gasteiger partial charge is 0.493 e. The number of nitrogens with one attached hydrogen (secondary N) is 1. The molecule has 4 heterocycles. The van der Waals surface area contributed by atoms with Gasteiger partial charge in [-0.2, -0.15) is 0 Å². The number of fused-ring (bicyclic) bond motifs is 6. The molecule has 0 radical (unpaired) electrons. The predicted octanol–water partition coefficient (Wildman–Crippen LogP) is 13.0. The van der Waals surface area contributed by atoms with Gasteiger partial charge in [0, 0.05) is 87.2 Å². The zero-order valence-electron chi connectivity index (χ0n) is 54.4. The zero-order valence-corrected chi connectivity index (χ0v) is 55.2. The van der Waals surface area contributed by atoms with Gasteiger partial charge in [0.05, 0.1) is 42.7 Å². The molecule has 2 unspecified atom stereocenters. The number of benzene rings is 8. The van der Waals surface area contributed by atoms with Crippen LogP contribution in [0, 0.1) is 0 Å². The molecule has 0 bridgehead atoms. The van der Waals surface area contributed by atoms with Gasteiger partial charge in [0.15, 0.2) is 23.0 Å². The maximum absolute atomic E-state index is 14.3. The number of methoxy groups -OCH3 is 6. The van der Waals surface area contributed by atoms with Crippen LogP contribution in [0.1, 0.15) is 90.1 Å². The Kier molecular flexibility index (Phi) is 22.3. The topological polar surface area (TPSA) is 152 Å². The van der Waals surface area contributed by atoms with Crippen molar-refractivity contribution in [3.05, 3.63) is 225 Å². The van der Waals surface area contributed by atoms with Crippen molar-refractivity contribution >= 4 is 57.3 Å². The maximum atomic E-state index is 14.3. The van der Waals surface area contributed by atoms with Crippen LogP contribution in [0.4, 0.5) is 22.7 Å². The van der Waals surface area contributed by atoms with Gasteiger partial charge in [0.25, 0.3) is 11.1 Å². The predicted molar refractivity (Wildman–Crippen MR) is 366 cm³/mol. The number of hydrogen-bond acceptors (Lipinski definition) is 13. The van der Waals surface area contributed by atoms with E-state index in [9.17, 15) is 19.2 Å². The number of likely N-dealkylation sites (N-methyl/N-ethyl adjacent to an activating group) is 2. The highest BCUT2D eigenvalue weighted by atomic mass is 35.5. The minimum absolute atomic E-state index is 0.107. The number of hydrogen-bond donors (Lipinski definition) is 1. The summed E-state index contributed by atoms with van der Waals surface area (Å²) < 4.78 is 31.7. The lowest BCUT2D eigenvalue weighted by Crippen LogP contribution is -2.48. The molecule has 3 amide bonds. The Bertz CT molecular complexity index is 3810. The summed E-state index contributed by atoms with van der Waals surface area (Å²) in [5.74, 6) is 2.21. The normalized spacial score (nSPS) is 14.9. The molecule has 4 aliphatic heterocycles. The van der Waals surface area contributed by atoms with Crippen molar-refractivity contribution in [3.8, 4) is 34.5 Å². The first kappa shape index (κ1) is 66.4. The van der Waals surface area contributed by atoms with Gasteiger partial charge in [-0.15, -0.1) is 0 Å². The molecule has 2 atom stereocenters. The average molecular weight is 1280 g/mol. The van der Waals surface area contributed by atoms with Crippen molar-refractivity contribution in [2.24, 2.45) is 0 Å². The van der Waals surface area contributed by atoms with E-state index in [-0.39, 0.29) is 23.8 Å². The third kappa shape index (κ3) is 14.9. The van der Waals surface area contributed by atoms with Gasteiger partial charge in [-0.05, 0) is 156 Å². The Hall–Kier alpha value is -9.51. The highest BCUT2D eigenvalue weighted by Crippen LogP contribution is 2.43. The Morgan fingerprint density at radius 3 is 1.23 bits per heavy atom. The number of para-hydroxylation sites is 4. The summed E-state index contributed by atoms with van der Waals surface area (Å²) in [6.07, 6.45) is 7.45. The number of carbonyl (C=O) groups excluding carboxylic acids is 4. The standard InChI is InChI=1S/C38H41N3O5.C28H31N3O.C10H11ClO4/c1-39(21-11-22-40-31-16-9-6-13-27(31)18-19-28-14-7-10-17-32(28)40)38(43)35-30-15-8-5-12-26(30)20-23-41(35)37(42)29-24-33(44-2)36(46-4)34(25-29)45-3;1-30(28(32)27-24-12-5-2-9-21(24)17-18-29-27)19-8-20-31-25-13-6-3-10-22(25)15-16-23-11-4-7-14-26(23)31;1-13-7-4-6(10(11)12)5-8(14-2)9(7)15-3/h5-10,12-17,24-25,35H,11,18-23H2,1-4H3;2-7,9-14,27,29H,8,15-20H2,1H3;4-5H,1-3H3. The molecule has 12 rings (SSSR count). The molecule has 8 aromatic rings. The third-order valence-electron chi connectivity index (χ3n) is 17.9. The number of halogens is 1. The summed E-state index contributed by atoms with van der Waals surface area (Å²) in [4.78, 5) is 62.9. The summed E-state index contributed by atoms with van der Waals surface area (Å²) in [5, 5.41) is 2.85. The van der Waals surface area contributed by atoms with Crippen LogP contribution in [0.5, 0.6) is 34.5 Å². The molecule has 484 valence electrons. The van der Waals surface area contributed by atoms with Crippen LogP contribution < -0.4 is 43.5 Å². The molecule has 16 nitrogen and oxygen atoms in total. The first-order valence-corrected chi connectivity index (χ1v) is 32.0. The van der Waals surface area contributed by atoms with Crippen molar-refractivity contribution < 1.29 is 47.6 Å². The van der Waals surface area contributed by atoms with Crippen LogP contribution in [0.2, 0.25) is 0 Å². The fourth-order valence-corrected chi connectivity index (χ4v) is 13.3. The molecular formula is C76H83ClN6O10. The summed E-state index contributed by atoms with van der Waals surface area (Å²) in [6.45, 7) is 4.20. The molecule has 17 heteroatoms. The number of ether oxygens (including phenoxy) is 6. The first-order chi connectivity index (χ1) is 45.3. The second kappa shape index (κ2) is 31.2. The van der Waals surface area contributed by atoms with Gasteiger partial charge in [-0.3, -0.25) is 19.2 Å². The SMILES string of the molecule is CN(CCCN1c2ccccc2CCc2ccccc21)C(=O)C1NCCc2ccccc21.COc1cc(C(=O)Cl)cc(OC)c1OC.COc1cc(C(=O)N2CCc3ccccc3C2C(=O)N(C)CCCN2c3ccccc3CCc3ccccc32)cc(OC)c1OC. The Morgan fingerprint density at radius 2 is 0.817 bits per heavy atom. The molecule has 0 fully saturated rings. The summed E-state index contributed by atoms with van der Waals surface area (Å²) in [6, 6.07) is 56.2. The van der Waals surface area contributed by atoms with Crippen molar-refractivity contribution in [2.75, 3.05) is 106 Å². The first-order valence-electron chi connectivity index (χ1n) is 31.7. The highest BCUT2D eigenvalue weighted by Gasteiger charge is 2.39. The Labute approximate surface area is 551 Å². The third-order valence-corrected chi connectivity index (χ3v) is 18.1. The molecule has 4 aliphatic rings. The van der Waals surface area contributed by atoms with E-state index in [2.05, 4.69) is 130 Å². The van der Waals surface area contributed by atoms with Gasteiger partial charge in [-0.25, -0.2) is 0 Å². The number of anilines is 4. The van der Waals surface area contributed by atoms with Crippen LogP contribution in [-0.2, 0) is 48.1 Å². The highest BCUT2D eigenvalue weighted by molar-refractivity contribution is 6.67. The molecular weight excluding hydrogens is 1190 g/mol. The number of amides is 3. The Morgan fingerprint density at radius 1 is 0.452 bits per heavy atom. The summed E-state index contributed by atoms with van der Waals surface area (Å²) >= 11 is 5.37. The molecule has 0 saturated carbocycles. The van der Waals surface area contributed by atoms with Crippen molar-refractivity contribution in [3.63, 3.8) is 0 Å². The van der Waals surface area contributed by atoms with E-state index in [1.165, 1.54) is 105 Å². The number of aryl methyl sites for hydroxylation is 4. The lowest BCUT2D eigenvalue weighted by atomic mass is 9.91. The second-order valence-electron chi connectivity index (χ2n) is 23.3. The van der Waals surface area contributed by atoms with Crippen LogP contribution >= 0.6 is 11.6 Å². The van der Waals surface area contributed by atoms with E-state index in [0.29, 0.717) is 65.1 Å². The van der Waals surface area contributed by atoms with E-state index < -0.39 is 11.3 Å². The van der Waals surface area contributed by atoms with E-state index in [1.54, 1.807) is 21.9 Å². The van der Waals surface area contributed by atoms with Crippen LogP contribution in [0.25, 0.3) is 0 Å². The van der Waals surface area contributed by atoms with Crippen molar-refractivity contribution in [2.45, 2.75) is 63.5 Å². The van der Waals surface area contributed by atoms with Gasteiger partial charge in [0.2, 0.25) is 23.3 Å². The minimum Gasteiger partial charge on any atom is -0.493 e. The van der Waals surface area contributed by atoms with Gasteiger partial charge in [0.1, 0.15) is 12.1 Å². The molecule has 0 saturated heterocycles. The van der Waals surface area contributed by atoms with Gasteiger partial charge < -0.3 is 58.2 Å². The lowest BCUT2D eigenvalue weighted by Gasteiger charge is -2.38. The van der Waals surface area contributed by atoms with E-state index in [4.69, 9.17) is 40.0 Å². The second-order valence-corrected chi connectivity index (χ2v) is 23.7. The van der Waals surface area contributed by atoms with E-state index in [1.807, 2.05) is 49.3 Å². The van der Waals surface area contributed by atoms with Crippen LogP contribution in [0.3, 0.4) is 0 Å². The smallest absolute Gasteiger partial charge is 0.255 e. The molecule has 0 aliphatic carbocycles. The molecule has 0 aromatic heterocycles. The summed E-state index contributed by atoms with van der Waals surface area (Å²) in [7, 11) is 12.8. The van der Waals surface area contributed by atoms with Crippen molar-refractivity contribution in [1.29, 1.82) is 0 Å². The molecule has 1 N–H and O–H groups in total. The average Bonchev–Trinajstić information content (AvgIpc) is 1.92. The monoisotopic (exact) mass is 1270 g/mol. The Balaban J connectivity index is 0.000000173. The van der Waals surface area contributed by atoms with E-state index in [0.717, 1.165) is 87.8 Å². The zero-order chi connectivity index (χ0) is 65.5. The van der Waals surface area contributed by atoms with Gasteiger partial charge in [-0.1, -0.05) is 121 Å². The number of rotatable bonds is 18. The van der Waals surface area contributed by atoms with Crippen LogP contribution in [-0.4, -0.2) is 134 Å². The van der Waals surface area contributed by atoms with E-state index >= 15 is 0 Å². The number of nitrogens with zero attached hydrogens (tertiary/aromatic N) is 5. The summed E-state index contributed by atoms with van der Waals surface area (Å²) in [5.41, 5.74) is 15.6. The maximum Gasteiger partial charge on any atom is 0.255 e. The lowest BCUT2D eigenvalue weighted by molar-refractivity contribution is -0.135. The number of carbonyl (C=O) groups is 4. The van der Waals surface area contributed by atoms with Gasteiger partial charge >= 0.3 is 0 Å². The molecule has 8 aromatic carbocycles. The fourth-order valence-electron chi connectivity index (χ4n) is 13.1.